The lowest BCUT2D eigenvalue weighted by Gasteiger charge is -2.18. The van der Waals surface area contributed by atoms with E-state index in [0.717, 1.165) is 121 Å². The van der Waals surface area contributed by atoms with Gasteiger partial charge in [-0.1, -0.05) is 60.7 Å². The normalized spacial score (nSPS) is 12.9. The zero-order valence-corrected chi connectivity index (χ0v) is 53.3. The lowest BCUT2D eigenvalue weighted by atomic mass is 10.2. The van der Waals surface area contributed by atoms with Crippen LogP contribution < -0.4 is 82.1 Å². The van der Waals surface area contributed by atoms with Crippen LogP contribution in [0.25, 0.3) is 22.1 Å². The minimum Gasteiger partial charge on any atom is -0.543 e. The van der Waals surface area contributed by atoms with E-state index in [-0.39, 0.29) is 11.6 Å². The summed E-state index contributed by atoms with van der Waals surface area (Å²) >= 11 is 0. The average molecular weight is 1450 g/mol. The predicted octanol–water partition coefficient (Wildman–Crippen LogP) is -15.9. The molecule has 2 unspecified atom stereocenters. The van der Waals surface area contributed by atoms with Crippen LogP contribution >= 0.6 is 0 Å². The van der Waals surface area contributed by atoms with Gasteiger partial charge in [-0.05, 0) is 96.8 Å². The minimum atomic E-state index is -2.19. The molecule has 10 rings (SSSR count). The van der Waals surface area contributed by atoms with E-state index < -0.39 is 83.6 Å². The molecule has 2 saturated heterocycles. The first-order valence-corrected chi connectivity index (χ1v) is 29.1. The van der Waals surface area contributed by atoms with E-state index in [0.29, 0.717) is 25.2 Å². The van der Waals surface area contributed by atoms with E-state index in [1.165, 1.54) is 24.3 Å². The van der Waals surface area contributed by atoms with Crippen LogP contribution in [0, 0.1) is 11.6 Å². The Kier molecular flexibility index (Phi) is 37.2. The Hall–Kier alpha value is -13.9. The third-order valence-corrected chi connectivity index (χ3v) is 13.0. The van der Waals surface area contributed by atoms with Crippen molar-refractivity contribution >= 4 is 118 Å². The first-order valence-electron chi connectivity index (χ1n) is 29.1. The summed E-state index contributed by atoms with van der Waals surface area (Å²) in [7, 11) is 0. The van der Waals surface area contributed by atoms with Crippen molar-refractivity contribution in [1.82, 2.24) is 38.9 Å². The number of carboxylic acids is 14. The van der Waals surface area contributed by atoms with Gasteiger partial charge in [0.15, 0.2) is 0 Å². The van der Waals surface area contributed by atoms with Crippen LogP contribution in [0.3, 0.4) is 0 Å². The average Bonchev–Trinajstić information content (AvgIpc) is 1.65. The second kappa shape index (κ2) is 44.9. The van der Waals surface area contributed by atoms with Gasteiger partial charge in [0.1, 0.15) is 11.6 Å². The van der Waals surface area contributed by atoms with Gasteiger partial charge in [0.2, 0.25) is 11.9 Å². The topological polar surface area (TPSA) is 654 Å². The molecule has 104 heavy (non-hydrogen) atoms. The highest BCUT2D eigenvalue weighted by Gasteiger charge is 2.26. The van der Waals surface area contributed by atoms with E-state index in [1.807, 2.05) is 97.3 Å². The van der Waals surface area contributed by atoms with Crippen LogP contribution in [0.4, 0.5) is 20.7 Å². The molecule has 4 aromatic carbocycles. The fourth-order valence-corrected chi connectivity index (χ4v) is 8.55. The molecular weight excluding hydrogens is 1390 g/mol. The molecule has 40 heteroatoms. The van der Waals surface area contributed by atoms with Gasteiger partial charge < -0.3 is 168 Å². The van der Waals surface area contributed by atoms with Crippen molar-refractivity contribution in [3.63, 3.8) is 0 Å². The Labute approximate surface area is 582 Å². The summed E-state index contributed by atoms with van der Waals surface area (Å²) in [6, 6.07) is 42.6. The van der Waals surface area contributed by atoms with Crippen molar-refractivity contribution in [2.75, 3.05) is 49.9 Å². The molecule has 0 aliphatic carbocycles. The molecular formula is C64H52F2N10O28-14. The van der Waals surface area contributed by atoms with Crippen molar-refractivity contribution < 1.29 is 147 Å². The number of pyridine rings is 2. The molecule has 8 aromatic rings. The van der Waals surface area contributed by atoms with Crippen LogP contribution in [0.15, 0.2) is 146 Å². The summed E-state index contributed by atoms with van der Waals surface area (Å²) in [5.41, 5.74) is 8.49. The number of nitrogens with zero attached hydrogens (tertiary/aromatic N) is 8. The standard InChI is InChI=1S/2C25H26FN5.7C2H2O4/c2*26-20-10-8-19(9-11-20)17-31-24-7-2-1-6-23(24)29-25(31)28-22-13-16-30(18-22)15-12-21-5-3-4-14-27-21;7*3-1(4)2(5)6/h2*1-11,14,22H,12-13,15-18H2,(H,28,29);7*(H,3,4)(H,5,6)/p-14. The van der Waals surface area contributed by atoms with Crippen molar-refractivity contribution in [3.8, 4) is 0 Å². The van der Waals surface area contributed by atoms with Crippen LogP contribution in [-0.4, -0.2) is 174 Å². The number of rotatable bonds is 14. The Morgan fingerprint density at radius 1 is 0.356 bits per heavy atom. The number of likely N-dealkylation sites (tertiary alicyclic amines) is 2. The number of nitrogens with one attached hydrogen (secondary N) is 2. The summed E-state index contributed by atoms with van der Waals surface area (Å²) in [6.45, 7) is 7.46. The van der Waals surface area contributed by atoms with Crippen molar-refractivity contribution in [3.05, 3.63) is 180 Å². The van der Waals surface area contributed by atoms with Gasteiger partial charge in [0.25, 0.3) is 0 Å². The smallest absolute Gasteiger partial charge is 0.204 e. The molecule has 2 aliphatic heterocycles. The SMILES string of the molecule is Fc1ccc(Cn2c(NC3CCN(CCc4ccccn4)C3)nc3ccccc32)cc1.Fc1ccc(Cn2c(NC3CCN(CCc4ccccn4)C3)nc3ccccc32)cc1.O=C([O-])C(=O)[O-].O=C([O-])C(=O)[O-].O=C([O-])C(=O)[O-].O=C([O-])C(=O)[O-].O=C([O-])C(=O)[O-].O=C([O-])C(=O)[O-].O=C([O-])C(=O)[O-]. The Morgan fingerprint density at radius 3 is 0.865 bits per heavy atom. The highest BCUT2D eigenvalue weighted by molar-refractivity contribution is 6.27. The summed E-state index contributed by atoms with van der Waals surface area (Å²) < 4.78 is 31.1. The monoisotopic (exact) mass is 1450 g/mol. The second-order valence-electron chi connectivity index (χ2n) is 20.3. The molecule has 0 saturated carbocycles. The van der Waals surface area contributed by atoms with E-state index in [1.54, 1.807) is 0 Å². The Bertz CT molecular complexity index is 3740. The maximum absolute atomic E-state index is 13.3. The molecule has 2 N–H and O–H groups in total. The van der Waals surface area contributed by atoms with E-state index in [9.17, 15) is 8.78 Å². The largest absolute Gasteiger partial charge is 0.543 e. The summed E-state index contributed by atoms with van der Waals surface area (Å²) in [6.07, 6.45) is 7.82. The molecule has 6 heterocycles. The quantitative estimate of drug-likeness (QED) is 0.0955. The molecule has 2 atom stereocenters. The molecule has 4 aromatic heterocycles. The number of carbonyl (C=O) groups excluding carboxylic acids is 14. The summed E-state index contributed by atoms with van der Waals surface area (Å²) in [5.74, 6) is -29.3. The lowest BCUT2D eigenvalue weighted by Crippen LogP contribution is -2.42. The van der Waals surface area contributed by atoms with Gasteiger partial charge in [-0.15, -0.1) is 0 Å². The molecule has 0 radical (unpaired) electrons. The zero-order valence-electron chi connectivity index (χ0n) is 53.3. The number of aromatic nitrogens is 6. The molecule has 554 valence electrons. The number of para-hydroxylation sites is 4. The van der Waals surface area contributed by atoms with Crippen LogP contribution in [0.2, 0.25) is 0 Å². The number of anilines is 2. The molecule has 0 amide bonds. The maximum atomic E-state index is 13.3. The number of carbonyl (C=O) groups is 14. The molecule has 38 nitrogen and oxygen atoms in total. The van der Waals surface area contributed by atoms with E-state index in [4.69, 9.17) is 149 Å². The third kappa shape index (κ3) is 34.0. The fourth-order valence-electron chi connectivity index (χ4n) is 8.55. The molecule has 0 spiro atoms. The Morgan fingerprint density at radius 2 is 0.615 bits per heavy atom. The fraction of sp³-hybridized carbons (Fsp3) is 0.219. The van der Waals surface area contributed by atoms with Crippen LogP contribution in [0.5, 0.6) is 0 Å². The third-order valence-electron chi connectivity index (χ3n) is 13.0. The first-order chi connectivity index (χ1) is 49.0. The van der Waals surface area contributed by atoms with Gasteiger partial charge in [0.05, 0.1) is 119 Å². The number of aliphatic carboxylic acids is 14. The van der Waals surface area contributed by atoms with Gasteiger partial charge in [-0.2, -0.15) is 0 Å². The van der Waals surface area contributed by atoms with E-state index in [2.05, 4.69) is 63.8 Å². The number of benzene rings is 4. The first kappa shape index (κ1) is 86.2. The lowest BCUT2D eigenvalue weighted by molar-refractivity contribution is -0.345. The van der Waals surface area contributed by atoms with Gasteiger partial charge >= 0.3 is 0 Å². The number of halogens is 2. The van der Waals surface area contributed by atoms with Gasteiger partial charge in [-0.25, -0.2) is 18.7 Å². The summed E-state index contributed by atoms with van der Waals surface area (Å²) in [5, 5.41) is 132. The number of imidazole rings is 2. The van der Waals surface area contributed by atoms with Crippen molar-refractivity contribution in [1.29, 1.82) is 0 Å². The molecule has 0 bridgehead atoms. The molecule has 2 fully saturated rings. The number of fused-ring (bicyclic) bond motifs is 2. The van der Waals surface area contributed by atoms with Gasteiger partial charge in [0, 0.05) is 88.0 Å². The second-order valence-corrected chi connectivity index (χ2v) is 20.3. The number of hydrogen-bond acceptors (Lipinski definition) is 36. The minimum absolute atomic E-state index is 0.214. The van der Waals surface area contributed by atoms with Crippen LogP contribution in [-0.2, 0) is 93.1 Å². The van der Waals surface area contributed by atoms with Crippen LogP contribution in [0.1, 0.15) is 35.4 Å². The van der Waals surface area contributed by atoms with Gasteiger partial charge in [-0.3, -0.25) is 9.97 Å². The maximum Gasteiger partial charge on any atom is 0.204 e. The Balaban J connectivity index is 0.000000461. The number of carboxylic acid groups (broad SMARTS) is 14. The van der Waals surface area contributed by atoms with Crippen molar-refractivity contribution in [2.24, 2.45) is 0 Å². The summed E-state index contributed by atoms with van der Waals surface area (Å²) in [4.78, 5) is 149. The highest BCUT2D eigenvalue weighted by atomic mass is 19.1. The zero-order chi connectivity index (χ0) is 78.2. The van der Waals surface area contributed by atoms with Crippen molar-refractivity contribution in [2.45, 2.75) is 50.9 Å². The van der Waals surface area contributed by atoms with E-state index >= 15 is 0 Å². The highest BCUT2D eigenvalue weighted by Crippen LogP contribution is 2.26. The number of hydrogen-bond donors (Lipinski definition) is 2. The predicted molar refractivity (Wildman–Crippen MR) is 313 cm³/mol. The molecule has 2 aliphatic rings.